The van der Waals surface area contributed by atoms with Crippen molar-refractivity contribution in [3.05, 3.63) is 78.1 Å². The number of anilines is 1. The minimum Gasteiger partial charge on any atom is -0.491 e. The number of fused-ring (bicyclic) bond motifs is 1. The zero-order valence-corrected chi connectivity index (χ0v) is 16.0. The lowest BCUT2D eigenvalue weighted by Crippen LogP contribution is -2.12. The monoisotopic (exact) mass is 390 g/mol. The molecule has 146 valence electrons. The van der Waals surface area contributed by atoms with Crippen molar-refractivity contribution < 1.29 is 13.9 Å². The van der Waals surface area contributed by atoms with Gasteiger partial charge >= 0.3 is 0 Å². The molecule has 1 N–H and O–H groups in total. The molecule has 0 atom stereocenters. The maximum absolute atomic E-state index is 13.1. The van der Waals surface area contributed by atoms with Gasteiger partial charge in [0.1, 0.15) is 22.6 Å². The van der Waals surface area contributed by atoms with Crippen LogP contribution in [0.1, 0.15) is 24.2 Å². The summed E-state index contributed by atoms with van der Waals surface area (Å²) in [6.45, 7) is 3.86. The highest BCUT2D eigenvalue weighted by Crippen LogP contribution is 2.20. The van der Waals surface area contributed by atoms with Gasteiger partial charge in [-0.2, -0.15) is 4.80 Å². The van der Waals surface area contributed by atoms with Gasteiger partial charge in [0.25, 0.3) is 5.91 Å². The highest BCUT2D eigenvalue weighted by molar-refractivity contribution is 6.05. The van der Waals surface area contributed by atoms with Crippen LogP contribution in [0.25, 0.3) is 16.7 Å². The molecule has 0 saturated carbocycles. The molecule has 0 saturated heterocycles. The van der Waals surface area contributed by atoms with E-state index < -0.39 is 0 Å². The van der Waals surface area contributed by atoms with Crippen molar-refractivity contribution in [3.8, 4) is 11.4 Å². The third-order valence-corrected chi connectivity index (χ3v) is 4.16. The lowest BCUT2D eigenvalue weighted by molar-refractivity contribution is 0.102. The largest absolute Gasteiger partial charge is 0.491 e. The third kappa shape index (κ3) is 4.24. The molecule has 0 bridgehead atoms. The van der Waals surface area contributed by atoms with Crippen LogP contribution in [-0.2, 0) is 0 Å². The smallest absolute Gasteiger partial charge is 0.255 e. The van der Waals surface area contributed by atoms with E-state index in [2.05, 4.69) is 15.5 Å². The van der Waals surface area contributed by atoms with E-state index in [1.54, 1.807) is 48.5 Å². The predicted octanol–water partition coefficient (Wildman–Crippen LogP) is 4.60. The topological polar surface area (TPSA) is 69.0 Å². The van der Waals surface area contributed by atoms with Gasteiger partial charge in [-0.15, -0.1) is 10.2 Å². The number of halogens is 1. The first-order valence-electron chi connectivity index (χ1n) is 9.19. The average Bonchev–Trinajstić information content (AvgIpc) is 3.11. The number of nitrogens with one attached hydrogen (secondary N) is 1. The Morgan fingerprint density at radius 3 is 2.52 bits per heavy atom. The van der Waals surface area contributed by atoms with Crippen molar-refractivity contribution in [1.82, 2.24) is 15.0 Å². The molecule has 0 aliphatic rings. The van der Waals surface area contributed by atoms with Crippen LogP contribution in [0.2, 0.25) is 0 Å². The van der Waals surface area contributed by atoms with Crippen molar-refractivity contribution in [2.75, 3.05) is 5.32 Å². The fraction of sp³-hybridized carbons (Fsp3) is 0.136. The summed E-state index contributed by atoms with van der Waals surface area (Å²) in [5.74, 6) is 0.0770. The minimum absolute atomic E-state index is 0.0273. The number of carbonyl (C=O) groups is 1. The number of nitrogens with zero attached hydrogens (tertiary/aromatic N) is 3. The Kier molecular flexibility index (Phi) is 4.95. The molecule has 0 radical (unpaired) electrons. The predicted molar refractivity (Wildman–Crippen MR) is 109 cm³/mol. The molecule has 0 fully saturated rings. The summed E-state index contributed by atoms with van der Waals surface area (Å²) in [6, 6.07) is 18.2. The van der Waals surface area contributed by atoms with Crippen LogP contribution in [0.3, 0.4) is 0 Å². The summed E-state index contributed by atoms with van der Waals surface area (Å²) in [5, 5.41) is 11.7. The third-order valence-electron chi connectivity index (χ3n) is 4.16. The van der Waals surface area contributed by atoms with Crippen LogP contribution < -0.4 is 10.1 Å². The van der Waals surface area contributed by atoms with E-state index in [4.69, 9.17) is 4.74 Å². The highest BCUT2D eigenvalue weighted by Gasteiger charge is 2.10. The van der Waals surface area contributed by atoms with Crippen molar-refractivity contribution >= 4 is 22.6 Å². The Morgan fingerprint density at radius 1 is 1.00 bits per heavy atom. The van der Waals surface area contributed by atoms with E-state index in [1.165, 1.54) is 16.9 Å². The van der Waals surface area contributed by atoms with E-state index in [9.17, 15) is 9.18 Å². The van der Waals surface area contributed by atoms with Crippen molar-refractivity contribution in [3.63, 3.8) is 0 Å². The van der Waals surface area contributed by atoms with Crippen LogP contribution in [0.5, 0.6) is 5.75 Å². The summed E-state index contributed by atoms with van der Waals surface area (Å²) in [4.78, 5) is 14.0. The fourth-order valence-corrected chi connectivity index (χ4v) is 2.87. The van der Waals surface area contributed by atoms with Gasteiger partial charge in [0.15, 0.2) is 0 Å². The van der Waals surface area contributed by atoms with Crippen LogP contribution in [0, 0.1) is 5.82 Å². The summed E-state index contributed by atoms with van der Waals surface area (Å²) in [7, 11) is 0. The molecule has 1 heterocycles. The molecule has 0 aliphatic carbocycles. The van der Waals surface area contributed by atoms with Gasteiger partial charge in [-0.1, -0.05) is 6.07 Å². The zero-order valence-electron chi connectivity index (χ0n) is 16.0. The Labute approximate surface area is 166 Å². The summed E-state index contributed by atoms with van der Waals surface area (Å²) < 4.78 is 18.8. The molecule has 7 heteroatoms. The number of ether oxygens (including phenoxy) is 1. The van der Waals surface area contributed by atoms with Crippen LogP contribution in [0.15, 0.2) is 66.7 Å². The van der Waals surface area contributed by atoms with Crippen LogP contribution in [-0.4, -0.2) is 27.0 Å². The van der Waals surface area contributed by atoms with Gasteiger partial charge in [-0.25, -0.2) is 4.39 Å². The zero-order chi connectivity index (χ0) is 20.4. The molecule has 4 aromatic rings. The van der Waals surface area contributed by atoms with Gasteiger partial charge < -0.3 is 10.1 Å². The van der Waals surface area contributed by atoms with Gasteiger partial charge in [0.05, 0.1) is 11.8 Å². The van der Waals surface area contributed by atoms with Crippen molar-refractivity contribution in [2.45, 2.75) is 20.0 Å². The maximum atomic E-state index is 13.1. The quantitative estimate of drug-likeness (QED) is 0.541. The first-order chi connectivity index (χ1) is 14.0. The number of carbonyl (C=O) groups excluding carboxylic acids is 1. The highest BCUT2D eigenvalue weighted by atomic mass is 19.1. The van der Waals surface area contributed by atoms with Crippen molar-refractivity contribution in [1.29, 1.82) is 0 Å². The van der Waals surface area contributed by atoms with Gasteiger partial charge in [0.2, 0.25) is 0 Å². The van der Waals surface area contributed by atoms with Crippen LogP contribution >= 0.6 is 0 Å². The Hall–Kier alpha value is -3.74. The average molecular weight is 390 g/mol. The molecular weight excluding hydrogens is 371 g/mol. The number of aromatic nitrogens is 3. The molecule has 1 aromatic heterocycles. The number of hydrogen-bond acceptors (Lipinski definition) is 4. The number of benzene rings is 3. The molecule has 29 heavy (non-hydrogen) atoms. The summed E-state index contributed by atoms with van der Waals surface area (Å²) in [6.07, 6.45) is 0.0273. The fourth-order valence-electron chi connectivity index (χ4n) is 2.87. The van der Waals surface area contributed by atoms with Gasteiger partial charge in [-0.3, -0.25) is 4.79 Å². The van der Waals surface area contributed by atoms with E-state index in [1.807, 2.05) is 19.9 Å². The number of amides is 1. The molecule has 0 spiro atoms. The molecule has 6 nitrogen and oxygen atoms in total. The second-order valence-electron chi connectivity index (χ2n) is 6.82. The molecule has 0 unspecified atom stereocenters. The molecule has 3 aromatic carbocycles. The number of rotatable bonds is 5. The second-order valence-corrected chi connectivity index (χ2v) is 6.82. The lowest BCUT2D eigenvalue weighted by atomic mass is 10.2. The molecule has 1 amide bonds. The first kappa shape index (κ1) is 18.6. The van der Waals surface area contributed by atoms with E-state index >= 15 is 0 Å². The van der Waals surface area contributed by atoms with Gasteiger partial charge in [0, 0.05) is 11.3 Å². The van der Waals surface area contributed by atoms with E-state index in [-0.39, 0.29) is 17.8 Å². The van der Waals surface area contributed by atoms with E-state index in [0.29, 0.717) is 33.7 Å². The Morgan fingerprint density at radius 2 is 1.76 bits per heavy atom. The molecule has 0 aliphatic heterocycles. The number of hydrogen-bond donors (Lipinski definition) is 1. The molecular formula is C22H19FN4O2. The minimum atomic E-state index is -0.321. The van der Waals surface area contributed by atoms with Gasteiger partial charge in [-0.05, 0) is 74.5 Å². The maximum Gasteiger partial charge on any atom is 0.255 e. The molecule has 4 rings (SSSR count). The van der Waals surface area contributed by atoms with E-state index in [0.717, 1.165) is 0 Å². The Balaban J connectivity index is 1.55. The van der Waals surface area contributed by atoms with Crippen LogP contribution in [0.4, 0.5) is 10.1 Å². The lowest BCUT2D eigenvalue weighted by Gasteiger charge is -2.11. The summed E-state index contributed by atoms with van der Waals surface area (Å²) in [5.41, 5.74) is 3.03. The normalized spacial score (nSPS) is 11.0. The second kappa shape index (κ2) is 7.71. The summed E-state index contributed by atoms with van der Waals surface area (Å²) >= 11 is 0. The first-order valence-corrected chi connectivity index (χ1v) is 9.19. The van der Waals surface area contributed by atoms with Crippen molar-refractivity contribution in [2.24, 2.45) is 0 Å². The Bertz CT molecular complexity index is 1170. The SMILES string of the molecule is CC(C)Oc1cccc(C(=O)Nc2ccc3nn(-c4ccc(F)cc4)nc3c2)c1. The standard InChI is InChI=1S/C22H19FN4O2/c1-14(2)29-19-5-3-4-15(12-19)22(28)24-17-8-11-20-21(13-17)26-27(25-20)18-9-6-16(23)7-10-18/h3-14H,1-2H3,(H,24,28).